The van der Waals surface area contributed by atoms with Gasteiger partial charge in [0, 0.05) is 24.4 Å². The zero-order valence-corrected chi connectivity index (χ0v) is 14.8. The van der Waals surface area contributed by atoms with Crippen molar-refractivity contribution in [2.45, 2.75) is 59.2 Å². The molecule has 0 aromatic carbocycles. The van der Waals surface area contributed by atoms with Gasteiger partial charge in [0.2, 0.25) is 0 Å². The summed E-state index contributed by atoms with van der Waals surface area (Å²) in [7, 11) is 0. The highest BCUT2D eigenvalue weighted by Crippen LogP contribution is 2.56. The number of Topliss-reactive ketones (excluding diaryl/α,β-unsaturated/α-hetero) is 1. The van der Waals surface area contributed by atoms with Gasteiger partial charge in [-0.25, -0.2) is 0 Å². The van der Waals surface area contributed by atoms with Crippen molar-refractivity contribution in [3.63, 3.8) is 0 Å². The Hall–Kier alpha value is -0.710. The maximum absolute atomic E-state index is 13.0. The number of fused-ring (bicyclic) bond motifs is 1. The standard InChI is InChI=1S/C19H32O4/c1-5-11(2)14-7-6-13-17(12(3)10-15(21)18(13)23)19(14,4)16(22)8-9-20/h6-7,11-15,17-18,20-21,23H,5,8-10H2,1-4H3. The van der Waals surface area contributed by atoms with E-state index in [-0.39, 0.29) is 42.5 Å². The van der Waals surface area contributed by atoms with Crippen LogP contribution in [0.4, 0.5) is 0 Å². The van der Waals surface area contributed by atoms with E-state index >= 15 is 0 Å². The molecule has 0 radical (unpaired) electrons. The van der Waals surface area contributed by atoms with Crippen molar-refractivity contribution < 1.29 is 20.1 Å². The van der Waals surface area contributed by atoms with E-state index in [9.17, 15) is 20.1 Å². The Morgan fingerprint density at radius 2 is 2.00 bits per heavy atom. The van der Waals surface area contributed by atoms with Crippen LogP contribution in [0.2, 0.25) is 0 Å². The molecule has 0 heterocycles. The summed E-state index contributed by atoms with van der Waals surface area (Å²) < 4.78 is 0. The lowest BCUT2D eigenvalue weighted by atomic mass is 9.49. The number of allylic oxidation sites excluding steroid dienone is 1. The molecule has 8 atom stereocenters. The van der Waals surface area contributed by atoms with E-state index in [2.05, 4.69) is 26.8 Å². The van der Waals surface area contributed by atoms with Gasteiger partial charge in [-0.2, -0.15) is 0 Å². The van der Waals surface area contributed by atoms with Crippen LogP contribution < -0.4 is 0 Å². The summed E-state index contributed by atoms with van der Waals surface area (Å²) in [4.78, 5) is 13.0. The topological polar surface area (TPSA) is 77.8 Å². The van der Waals surface area contributed by atoms with E-state index in [0.29, 0.717) is 12.3 Å². The van der Waals surface area contributed by atoms with E-state index in [1.807, 2.05) is 13.0 Å². The molecule has 1 saturated carbocycles. The van der Waals surface area contributed by atoms with Crippen LogP contribution in [-0.2, 0) is 4.79 Å². The number of rotatable bonds is 5. The second-order valence-corrected chi connectivity index (χ2v) is 7.85. The third-order valence-corrected chi connectivity index (χ3v) is 6.55. The molecule has 8 unspecified atom stereocenters. The summed E-state index contributed by atoms with van der Waals surface area (Å²) in [6.45, 7) is 8.25. The van der Waals surface area contributed by atoms with E-state index in [1.165, 1.54) is 0 Å². The van der Waals surface area contributed by atoms with Gasteiger partial charge < -0.3 is 15.3 Å². The summed E-state index contributed by atoms with van der Waals surface area (Å²) in [6.07, 6.45) is 4.22. The molecule has 2 rings (SSSR count). The highest BCUT2D eigenvalue weighted by Gasteiger charge is 2.57. The fourth-order valence-electron chi connectivity index (χ4n) is 5.19. The van der Waals surface area contributed by atoms with Crippen molar-refractivity contribution in [2.24, 2.45) is 35.0 Å². The van der Waals surface area contributed by atoms with Crippen LogP contribution >= 0.6 is 0 Å². The first-order chi connectivity index (χ1) is 10.8. The Morgan fingerprint density at radius 3 is 2.57 bits per heavy atom. The number of carbonyl (C=O) groups excluding carboxylic acids is 1. The van der Waals surface area contributed by atoms with Gasteiger partial charge in [-0.15, -0.1) is 0 Å². The largest absolute Gasteiger partial charge is 0.396 e. The number of hydrogen-bond acceptors (Lipinski definition) is 4. The average Bonchev–Trinajstić information content (AvgIpc) is 2.51. The van der Waals surface area contributed by atoms with Crippen molar-refractivity contribution >= 4 is 5.78 Å². The highest BCUT2D eigenvalue weighted by molar-refractivity contribution is 5.86. The maximum Gasteiger partial charge on any atom is 0.141 e. The molecule has 0 aliphatic heterocycles. The molecule has 2 aliphatic rings. The van der Waals surface area contributed by atoms with Crippen LogP contribution in [0.1, 0.15) is 47.0 Å². The normalized spacial score (nSPS) is 44.7. The smallest absolute Gasteiger partial charge is 0.141 e. The molecule has 0 bridgehead atoms. The predicted octanol–water partition coefficient (Wildman–Crippen LogP) is 2.17. The van der Waals surface area contributed by atoms with Crippen molar-refractivity contribution in [3.8, 4) is 0 Å². The molecule has 0 amide bonds. The first kappa shape index (κ1) is 18.6. The minimum Gasteiger partial charge on any atom is -0.396 e. The summed E-state index contributed by atoms with van der Waals surface area (Å²) in [5.74, 6) is 0.516. The monoisotopic (exact) mass is 324 g/mol. The molecule has 1 fully saturated rings. The zero-order chi connectivity index (χ0) is 17.4. The second kappa shape index (κ2) is 7.04. The lowest BCUT2D eigenvalue weighted by molar-refractivity contribution is -0.154. The number of ketones is 1. The second-order valence-electron chi connectivity index (χ2n) is 7.85. The Balaban J connectivity index is 2.50. The number of carbonyl (C=O) groups is 1. The van der Waals surface area contributed by atoms with Crippen LogP contribution in [0.3, 0.4) is 0 Å². The molecule has 3 N–H and O–H groups in total. The molecule has 2 aliphatic carbocycles. The van der Waals surface area contributed by atoms with Crippen LogP contribution in [0, 0.1) is 35.0 Å². The van der Waals surface area contributed by atoms with E-state index in [0.717, 1.165) is 6.42 Å². The summed E-state index contributed by atoms with van der Waals surface area (Å²) in [5, 5.41) is 29.9. The molecule has 4 nitrogen and oxygen atoms in total. The third-order valence-electron chi connectivity index (χ3n) is 6.55. The maximum atomic E-state index is 13.0. The van der Waals surface area contributed by atoms with Crippen molar-refractivity contribution in [3.05, 3.63) is 12.2 Å². The minimum atomic E-state index is -0.813. The molecule has 0 saturated heterocycles. The quantitative estimate of drug-likeness (QED) is 0.677. The Kier molecular flexibility index (Phi) is 5.70. The van der Waals surface area contributed by atoms with Gasteiger partial charge in [0.15, 0.2) is 0 Å². The fourth-order valence-corrected chi connectivity index (χ4v) is 5.19. The third kappa shape index (κ3) is 3.01. The first-order valence-electron chi connectivity index (χ1n) is 8.97. The molecule has 0 spiro atoms. The zero-order valence-electron chi connectivity index (χ0n) is 14.8. The number of hydrogen-bond donors (Lipinski definition) is 3. The van der Waals surface area contributed by atoms with Crippen molar-refractivity contribution in [2.75, 3.05) is 6.61 Å². The SMILES string of the molecule is CCC(C)C1C=CC2C(O)C(O)CC(C)C2C1(C)C(=O)CCO. The van der Waals surface area contributed by atoms with Gasteiger partial charge in [0.25, 0.3) is 0 Å². The first-order valence-corrected chi connectivity index (χ1v) is 8.97. The fraction of sp³-hybridized carbons (Fsp3) is 0.842. The van der Waals surface area contributed by atoms with Crippen LogP contribution in [-0.4, -0.2) is 39.9 Å². The molecule has 0 aromatic rings. The summed E-state index contributed by atoms with van der Waals surface area (Å²) in [6, 6.07) is 0. The number of aliphatic hydroxyl groups is 3. The summed E-state index contributed by atoms with van der Waals surface area (Å²) in [5.41, 5.74) is -0.599. The van der Waals surface area contributed by atoms with Crippen LogP contribution in [0.5, 0.6) is 0 Å². The van der Waals surface area contributed by atoms with Gasteiger partial charge in [-0.3, -0.25) is 4.79 Å². The molecule has 4 heteroatoms. The lowest BCUT2D eigenvalue weighted by Gasteiger charge is -2.55. The Labute approximate surface area is 139 Å². The molecule has 0 aromatic heterocycles. The molecular formula is C19H32O4. The Bertz CT molecular complexity index is 460. The minimum absolute atomic E-state index is 0.00366. The molecule has 23 heavy (non-hydrogen) atoms. The van der Waals surface area contributed by atoms with E-state index in [4.69, 9.17) is 0 Å². The van der Waals surface area contributed by atoms with E-state index < -0.39 is 17.6 Å². The number of aliphatic hydroxyl groups excluding tert-OH is 3. The van der Waals surface area contributed by atoms with Gasteiger partial charge in [0.05, 0.1) is 12.2 Å². The van der Waals surface area contributed by atoms with Crippen LogP contribution in [0.15, 0.2) is 12.2 Å². The van der Waals surface area contributed by atoms with Crippen molar-refractivity contribution in [1.29, 1.82) is 0 Å². The van der Waals surface area contributed by atoms with Gasteiger partial charge in [0.1, 0.15) is 5.78 Å². The van der Waals surface area contributed by atoms with Gasteiger partial charge in [-0.1, -0.05) is 46.3 Å². The van der Waals surface area contributed by atoms with E-state index in [1.54, 1.807) is 0 Å². The van der Waals surface area contributed by atoms with Crippen LogP contribution in [0.25, 0.3) is 0 Å². The molecule has 132 valence electrons. The molecular weight excluding hydrogens is 292 g/mol. The van der Waals surface area contributed by atoms with Gasteiger partial charge in [-0.05, 0) is 30.1 Å². The Morgan fingerprint density at radius 1 is 1.35 bits per heavy atom. The van der Waals surface area contributed by atoms with Crippen molar-refractivity contribution in [1.82, 2.24) is 0 Å². The average molecular weight is 324 g/mol. The summed E-state index contributed by atoms with van der Waals surface area (Å²) >= 11 is 0. The highest BCUT2D eigenvalue weighted by atomic mass is 16.3. The lowest BCUT2D eigenvalue weighted by Crippen LogP contribution is -2.58. The predicted molar refractivity (Wildman–Crippen MR) is 89.7 cm³/mol. The van der Waals surface area contributed by atoms with Gasteiger partial charge >= 0.3 is 0 Å².